The number of aliphatic hydroxyl groups excluding tert-OH is 1. The Kier molecular flexibility index (Phi) is 7.58. The zero-order chi connectivity index (χ0) is 24.3. The first-order valence-electron chi connectivity index (χ1n) is 11.8. The number of pyridine rings is 1. The van der Waals surface area contributed by atoms with Gasteiger partial charge in [0.1, 0.15) is 22.4 Å². The molecule has 0 saturated heterocycles. The molecule has 1 aliphatic heterocycles. The van der Waals surface area contributed by atoms with Gasteiger partial charge < -0.3 is 14.7 Å². The summed E-state index contributed by atoms with van der Waals surface area (Å²) in [6.07, 6.45) is 4.02. The molecule has 0 spiro atoms. The number of aliphatic hydroxyl groups is 1. The van der Waals surface area contributed by atoms with Crippen molar-refractivity contribution in [2.45, 2.75) is 43.7 Å². The lowest BCUT2D eigenvalue weighted by Crippen LogP contribution is -2.49. The summed E-state index contributed by atoms with van der Waals surface area (Å²) in [6, 6.07) is 9.94. The summed E-state index contributed by atoms with van der Waals surface area (Å²) in [5, 5.41) is 9.79. The molecule has 182 valence electrons. The van der Waals surface area contributed by atoms with Crippen LogP contribution in [0.2, 0.25) is 0 Å². The van der Waals surface area contributed by atoms with Crippen LogP contribution in [0.4, 0.5) is 0 Å². The smallest absolute Gasteiger partial charge is 0.247 e. The Balaban J connectivity index is 1.71. The van der Waals surface area contributed by atoms with Gasteiger partial charge in [0.2, 0.25) is 10.0 Å². The predicted octanol–water partition coefficient (Wildman–Crippen LogP) is 2.59. The highest BCUT2D eigenvalue weighted by Gasteiger charge is 2.38. The highest BCUT2D eigenvalue weighted by molar-refractivity contribution is 7.89. The van der Waals surface area contributed by atoms with E-state index in [9.17, 15) is 13.5 Å². The second-order valence-electron chi connectivity index (χ2n) is 9.53. The molecule has 8 heteroatoms. The van der Waals surface area contributed by atoms with Crippen LogP contribution in [0.1, 0.15) is 37.9 Å². The molecule has 1 saturated carbocycles. The number of sulfonamides is 1. The number of hydrogen-bond donors (Lipinski definition) is 1. The zero-order valence-electron chi connectivity index (χ0n) is 20.0. The molecule has 34 heavy (non-hydrogen) atoms. The summed E-state index contributed by atoms with van der Waals surface area (Å²) in [6.45, 7) is 5.49. The van der Waals surface area contributed by atoms with Crippen LogP contribution in [-0.2, 0) is 10.0 Å². The lowest BCUT2D eigenvalue weighted by atomic mass is 10.0. The third-order valence-corrected chi connectivity index (χ3v) is 8.44. The molecule has 0 bridgehead atoms. The first-order valence-corrected chi connectivity index (χ1v) is 13.3. The molecule has 4 rings (SSSR count). The van der Waals surface area contributed by atoms with Gasteiger partial charge in [-0.15, -0.1) is 0 Å². The maximum atomic E-state index is 13.6. The number of aromatic nitrogens is 1. The Hall–Kier alpha value is -2.44. The minimum Gasteiger partial charge on any atom is -0.487 e. The molecular weight excluding hydrogens is 450 g/mol. The molecule has 1 aromatic heterocycles. The van der Waals surface area contributed by atoms with Gasteiger partial charge in [-0.2, -0.15) is 4.31 Å². The van der Waals surface area contributed by atoms with E-state index in [0.717, 1.165) is 12.5 Å². The van der Waals surface area contributed by atoms with Crippen LogP contribution in [0.15, 0.2) is 47.5 Å². The minimum absolute atomic E-state index is 0.0677. The van der Waals surface area contributed by atoms with E-state index in [1.165, 1.54) is 17.1 Å². The Labute approximate surface area is 202 Å². The maximum absolute atomic E-state index is 13.6. The SMILES string of the molecule is C[C@@H]1CN([C@H](C)CO)S(=O)(=O)c2ccc(C#Cc3ccccn3)cc2O[C@@H]1CN(C)CC1CC1. The lowest BCUT2D eigenvalue weighted by Gasteiger charge is -2.37. The molecule has 0 unspecified atom stereocenters. The Morgan fingerprint density at radius 2 is 2.03 bits per heavy atom. The number of fused-ring (bicyclic) bond motifs is 1. The predicted molar refractivity (Wildman–Crippen MR) is 131 cm³/mol. The number of rotatable bonds is 6. The molecule has 1 fully saturated rings. The van der Waals surface area contributed by atoms with E-state index in [4.69, 9.17) is 4.74 Å². The van der Waals surface area contributed by atoms with Crippen molar-refractivity contribution in [1.29, 1.82) is 0 Å². The summed E-state index contributed by atoms with van der Waals surface area (Å²) in [5.41, 5.74) is 1.29. The molecule has 2 heterocycles. The van der Waals surface area contributed by atoms with Crippen LogP contribution < -0.4 is 4.74 Å². The highest BCUT2D eigenvalue weighted by atomic mass is 32.2. The number of ether oxygens (including phenoxy) is 1. The van der Waals surface area contributed by atoms with Crippen molar-refractivity contribution in [2.24, 2.45) is 11.8 Å². The van der Waals surface area contributed by atoms with E-state index in [2.05, 4.69) is 28.8 Å². The van der Waals surface area contributed by atoms with Gasteiger partial charge in [-0.3, -0.25) is 0 Å². The van der Waals surface area contributed by atoms with Crippen molar-refractivity contribution < 1.29 is 18.3 Å². The van der Waals surface area contributed by atoms with E-state index in [1.54, 1.807) is 31.3 Å². The highest BCUT2D eigenvalue weighted by Crippen LogP contribution is 2.35. The molecule has 1 aromatic carbocycles. The monoisotopic (exact) mass is 483 g/mol. The van der Waals surface area contributed by atoms with E-state index >= 15 is 0 Å². The van der Waals surface area contributed by atoms with Gasteiger partial charge in [-0.1, -0.05) is 18.9 Å². The summed E-state index contributed by atoms with van der Waals surface area (Å²) in [5.74, 6) is 7.07. The Morgan fingerprint density at radius 3 is 2.71 bits per heavy atom. The number of likely N-dealkylation sites (N-methyl/N-ethyl adjacent to an activating group) is 1. The molecule has 0 radical (unpaired) electrons. The number of nitrogens with zero attached hydrogens (tertiary/aromatic N) is 3. The summed E-state index contributed by atoms with van der Waals surface area (Å²) >= 11 is 0. The van der Waals surface area contributed by atoms with Gasteiger partial charge in [-0.25, -0.2) is 13.4 Å². The quantitative estimate of drug-likeness (QED) is 0.636. The normalized spacial score (nSPS) is 23.1. The van der Waals surface area contributed by atoms with Crippen LogP contribution >= 0.6 is 0 Å². The summed E-state index contributed by atoms with van der Waals surface area (Å²) < 4.78 is 35.0. The van der Waals surface area contributed by atoms with Gasteiger partial charge in [-0.05, 0) is 69.0 Å². The van der Waals surface area contributed by atoms with Crippen LogP contribution in [0.3, 0.4) is 0 Å². The minimum atomic E-state index is -3.86. The average Bonchev–Trinajstić information content (AvgIpc) is 3.64. The van der Waals surface area contributed by atoms with Crippen molar-refractivity contribution >= 4 is 10.0 Å². The standard InChI is InChI=1S/C26H33N3O4S/c1-19-15-29(20(2)18-30)34(31,32)26-12-10-21(9-11-23-6-4-5-13-27-23)14-24(26)33-25(19)17-28(3)16-22-7-8-22/h4-6,10,12-14,19-20,22,25,30H,7-8,15-18H2,1-3H3/t19-,20-,25-/m1/s1. The van der Waals surface area contributed by atoms with Crippen molar-refractivity contribution in [3.8, 4) is 17.6 Å². The third-order valence-electron chi connectivity index (χ3n) is 6.43. The fraction of sp³-hybridized carbons (Fsp3) is 0.500. The molecule has 3 atom stereocenters. The Morgan fingerprint density at radius 1 is 1.24 bits per heavy atom. The lowest BCUT2D eigenvalue weighted by molar-refractivity contribution is 0.0740. The number of benzene rings is 1. The van der Waals surface area contributed by atoms with Crippen LogP contribution in [0.5, 0.6) is 5.75 Å². The second kappa shape index (κ2) is 10.4. The van der Waals surface area contributed by atoms with E-state index in [-0.39, 0.29) is 30.1 Å². The molecule has 1 aliphatic carbocycles. The van der Waals surface area contributed by atoms with Crippen molar-refractivity contribution in [1.82, 2.24) is 14.2 Å². The maximum Gasteiger partial charge on any atom is 0.247 e. The molecular formula is C26H33N3O4S. The molecule has 7 nitrogen and oxygen atoms in total. The molecule has 2 aliphatic rings. The fourth-order valence-electron chi connectivity index (χ4n) is 4.22. The van der Waals surface area contributed by atoms with Gasteiger partial charge in [0.15, 0.2) is 0 Å². The van der Waals surface area contributed by atoms with Crippen LogP contribution in [0.25, 0.3) is 0 Å². The first kappa shape index (κ1) is 24.7. The van der Waals surface area contributed by atoms with Crippen molar-refractivity contribution in [3.63, 3.8) is 0 Å². The topological polar surface area (TPSA) is 83.0 Å². The van der Waals surface area contributed by atoms with E-state index in [0.29, 0.717) is 23.6 Å². The molecule has 0 amide bonds. The first-order chi connectivity index (χ1) is 16.3. The third kappa shape index (κ3) is 5.78. The fourth-order valence-corrected chi connectivity index (χ4v) is 6.04. The van der Waals surface area contributed by atoms with Crippen LogP contribution in [-0.4, -0.2) is 73.1 Å². The number of hydrogen-bond acceptors (Lipinski definition) is 6. The second-order valence-corrected chi connectivity index (χ2v) is 11.4. The van der Waals surface area contributed by atoms with Gasteiger partial charge in [0.05, 0.1) is 6.61 Å². The summed E-state index contributed by atoms with van der Waals surface area (Å²) in [7, 11) is -1.77. The van der Waals surface area contributed by atoms with Gasteiger partial charge in [0, 0.05) is 43.4 Å². The Bertz CT molecular complexity index is 1160. The van der Waals surface area contributed by atoms with Gasteiger partial charge in [0.25, 0.3) is 0 Å². The average molecular weight is 484 g/mol. The summed E-state index contributed by atoms with van der Waals surface area (Å²) in [4.78, 5) is 6.60. The van der Waals surface area contributed by atoms with E-state index in [1.807, 2.05) is 25.1 Å². The van der Waals surface area contributed by atoms with Crippen LogP contribution in [0, 0.1) is 23.7 Å². The molecule has 1 N–H and O–H groups in total. The van der Waals surface area contributed by atoms with Gasteiger partial charge >= 0.3 is 0 Å². The zero-order valence-corrected chi connectivity index (χ0v) is 20.8. The largest absolute Gasteiger partial charge is 0.487 e. The van der Waals surface area contributed by atoms with Crippen molar-refractivity contribution in [2.75, 3.05) is 33.3 Å². The van der Waals surface area contributed by atoms with E-state index < -0.39 is 16.1 Å². The van der Waals surface area contributed by atoms with Crippen molar-refractivity contribution in [3.05, 3.63) is 53.9 Å². The molecule has 2 aromatic rings.